The Labute approximate surface area is 471 Å². The van der Waals surface area contributed by atoms with E-state index in [0.29, 0.717) is 25.1 Å². The number of hydrogen-bond donors (Lipinski definition) is 3. The van der Waals surface area contributed by atoms with Crippen molar-refractivity contribution in [2.45, 2.75) is 148 Å². The van der Waals surface area contributed by atoms with Crippen molar-refractivity contribution in [2.24, 2.45) is 0 Å². The van der Waals surface area contributed by atoms with Gasteiger partial charge in [0.05, 0.1) is 36.5 Å². The predicted octanol–water partition coefficient (Wildman–Crippen LogP) is 12.2. The number of nitrogens with zero attached hydrogens (tertiary/aromatic N) is 7. The third-order valence-electron chi connectivity index (χ3n) is 15.8. The molecule has 6 aromatic carbocycles. The number of methoxy groups -OCH3 is 1. The second-order valence-corrected chi connectivity index (χ2v) is 20.9. The maximum absolute atomic E-state index is 13.5. The molecule has 2 aromatic heterocycles. The van der Waals surface area contributed by atoms with Crippen molar-refractivity contribution in [1.29, 1.82) is 0 Å². The summed E-state index contributed by atoms with van der Waals surface area (Å²) >= 11 is 0. The molecule has 2 unspecified atom stereocenters. The molecule has 10 rings (SSSR count). The molecule has 0 radical (unpaired) electrons. The van der Waals surface area contributed by atoms with Gasteiger partial charge >= 0.3 is 17.9 Å². The van der Waals surface area contributed by atoms with Crippen LogP contribution < -0.4 is 5.32 Å². The Balaban J connectivity index is 0.000000215. The molecule has 2 aliphatic rings. The molecule has 8 aromatic rings. The van der Waals surface area contributed by atoms with Crippen LogP contribution in [0, 0.1) is 55.4 Å². The van der Waals surface area contributed by atoms with E-state index in [2.05, 4.69) is 88.3 Å². The van der Waals surface area contributed by atoms with Crippen molar-refractivity contribution in [3.05, 3.63) is 185 Å². The number of amides is 1. The lowest BCUT2D eigenvalue weighted by atomic mass is 9.83. The second-order valence-electron chi connectivity index (χ2n) is 20.9. The third-order valence-corrected chi connectivity index (χ3v) is 15.8. The highest BCUT2D eigenvalue weighted by molar-refractivity contribution is 5.96. The van der Waals surface area contributed by atoms with Crippen LogP contribution in [0.3, 0.4) is 0 Å². The number of aromatic nitrogens is 6. The van der Waals surface area contributed by atoms with Crippen LogP contribution in [-0.4, -0.2) is 89.1 Å². The molecule has 0 saturated carbocycles. The summed E-state index contributed by atoms with van der Waals surface area (Å²) in [5.41, 5.74) is 22.1. The van der Waals surface area contributed by atoms with Crippen molar-refractivity contribution < 1.29 is 34.1 Å². The Morgan fingerprint density at radius 3 is 1.61 bits per heavy atom. The molecule has 2 aliphatic heterocycles. The van der Waals surface area contributed by atoms with E-state index in [1.54, 1.807) is 6.07 Å². The Morgan fingerprint density at radius 1 is 0.600 bits per heavy atom. The van der Waals surface area contributed by atoms with Crippen LogP contribution in [0.4, 0.5) is 0 Å². The molecular formula is C65H80N8O7. The lowest BCUT2D eigenvalue weighted by Crippen LogP contribution is -2.36. The largest absolute Gasteiger partial charge is 0.481 e. The predicted molar refractivity (Wildman–Crippen MR) is 317 cm³/mol. The molecule has 15 heteroatoms. The number of nitrogens with one attached hydrogen (secondary N) is 1. The topological polar surface area (TPSA) is 195 Å². The van der Waals surface area contributed by atoms with E-state index >= 15 is 0 Å². The van der Waals surface area contributed by atoms with Gasteiger partial charge in [-0.05, 0) is 196 Å². The number of carboxylic acid groups (broad SMARTS) is 2. The van der Waals surface area contributed by atoms with Gasteiger partial charge < -0.3 is 25.2 Å². The number of carbonyl (C=O) groups is 4. The highest BCUT2D eigenvalue weighted by Crippen LogP contribution is 2.37. The van der Waals surface area contributed by atoms with E-state index in [9.17, 15) is 24.3 Å². The number of aromatic carboxylic acids is 1. The van der Waals surface area contributed by atoms with E-state index in [1.807, 2.05) is 100.0 Å². The highest BCUT2D eigenvalue weighted by Gasteiger charge is 2.28. The van der Waals surface area contributed by atoms with Crippen molar-refractivity contribution >= 4 is 45.9 Å². The molecule has 3 N–H and O–H groups in total. The molecule has 0 fully saturated rings. The van der Waals surface area contributed by atoms with Crippen LogP contribution in [0.25, 0.3) is 22.1 Å². The average molecular weight is 1090 g/mol. The zero-order chi connectivity index (χ0) is 56.1. The Hall–Kier alpha value is -8.04. The van der Waals surface area contributed by atoms with Crippen LogP contribution in [0.2, 0.25) is 0 Å². The van der Waals surface area contributed by atoms with Gasteiger partial charge in [-0.25, -0.2) is 14.2 Å². The second kappa shape index (κ2) is 26.3. The Kier molecular flexibility index (Phi) is 20.1. The molecule has 0 bridgehead atoms. The summed E-state index contributed by atoms with van der Waals surface area (Å²) in [6, 6.07) is 28.8. The van der Waals surface area contributed by atoms with Gasteiger partial charge in [-0.15, -0.1) is 10.2 Å². The number of aliphatic carboxylic acids is 1. The molecule has 1 amide bonds. The lowest BCUT2D eigenvalue weighted by Gasteiger charge is -2.31. The molecule has 2 atom stereocenters. The fraction of sp³-hybridized carbons (Fsp3) is 0.385. The molecular weight excluding hydrogens is 1000 g/mol. The highest BCUT2D eigenvalue weighted by atomic mass is 16.5. The van der Waals surface area contributed by atoms with Crippen LogP contribution in [0.1, 0.15) is 163 Å². The van der Waals surface area contributed by atoms with Crippen molar-refractivity contribution in [3.63, 3.8) is 0 Å². The lowest BCUT2D eigenvalue weighted by molar-refractivity contribution is -0.141. The third kappa shape index (κ3) is 13.0. The summed E-state index contributed by atoms with van der Waals surface area (Å²) in [6.45, 7) is 24.4. The van der Waals surface area contributed by atoms with Crippen LogP contribution >= 0.6 is 0 Å². The summed E-state index contributed by atoms with van der Waals surface area (Å²) in [6.07, 6.45) is 2.09. The summed E-state index contributed by atoms with van der Waals surface area (Å²) in [4.78, 5) is 50.4. The van der Waals surface area contributed by atoms with Crippen LogP contribution in [0.5, 0.6) is 0 Å². The minimum Gasteiger partial charge on any atom is -0.481 e. The first-order chi connectivity index (χ1) is 37.3. The van der Waals surface area contributed by atoms with Gasteiger partial charge in [0.2, 0.25) is 0 Å². The van der Waals surface area contributed by atoms with E-state index in [0.717, 1.165) is 139 Å². The van der Waals surface area contributed by atoms with Gasteiger partial charge in [0.25, 0.3) is 5.91 Å². The van der Waals surface area contributed by atoms with Crippen LogP contribution in [0.15, 0.2) is 84.9 Å². The number of benzene rings is 6. The Bertz CT molecular complexity index is 3590. The Morgan fingerprint density at radius 2 is 1.10 bits per heavy atom. The number of fused-ring (bicyclic) bond motifs is 4. The normalized spacial score (nSPS) is 13.3. The van der Waals surface area contributed by atoms with Gasteiger partial charge in [0.1, 0.15) is 11.0 Å². The van der Waals surface area contributed by atoms with Gasteiger partial charge in [-0.3, -0.25) is 14.4 Å². The SMILES string of the molecule is C.C.CCn1nnc2c(C)c(C(CC(=O)O)c3ccc4c(c3)CN(C(=O)c3cc(C)cc(C)c3C)CC4)ccc21.CCn1nnc2c(C)c(C(CC(=O)OC)c3ccc4c(c3)CNCC4)ccc21.Cc1cc(C)c(C)c(C(=O)O)c1. The fourth-order valence-electron chi connectivity index (χ4n) is 11.2. The summed E-state index contributed by atoms with van der Waals surface area (Å²) in [7, 11) is 1.44. The van der Waals surface area contributed by atoms with E-state index in [-0.39, 0.29) is 45.0 Å². The minimum absolute atomic E-state index is 0. The molecule has 0 saturated heterocycles. The maximum atomic E-state index is 13.5. The first-order valence-electron chi connectivity index (χ1n) is 26.9. The van der Waals surface area contributed by atoms with Crippen molar-refractivity contribution in [1.82, 2.24) is 40.2 Å². The van der Waals surface area contributed by atoms with E-state index < -0.39 is 11.9 Å². The number of ether oxygens (including phenoxy) is 1. The number of rotatable bonds is 12. The molecule has 422 valence electrons. The number of aryl methyl sites for hydroxylation is 8. The fourth-order valence-corrected chi connectivity index (χ4v) is 11.2. The minimum atomic E-state index is -0.855. The first-order valence-corrected chi connectivity index (χ1v) is 26.9. The first kappa shape index (κ1) is 61.2. The van der Waals surface area contributed by atoms with Gasteiger partial charge in [0, 0.05) is 50.1 Å². The summed E-state index contributed by atoms with van der Waals surface area (Å²) in [5, 5.41) is 39.3. The van der Waals surface area contributed by atoms with E-state index in [1.165, 1.54) is 23.8 Å². The molecule has 4 heterocycles. The molecule has 15 nitrogen and oxygen atoms in total. The number of carbonyl (C=O) groups excluding carboxylic acids is 2. The van der Waals surface area contributed by atoms with Crippen molar-refractivity contribution in [2.75, 3.05) is 20.2 Å². The summed E-state index contributed by atoms with van der Waals surface area (Å²) in [5.74, 6) is -2.27. The summed E-state index contributed by atoms with van der Waals surface area (Å²) < 4.78 is 8.74. The smallest absolute Gasteiger partial charge is 0.335 e. The van der Waals surface area contributed by atoms with Crippen LogP contribution in [-0.2, 0) is 53.3 Å². The van der Waals surface area contributed by atoms with Gasteiger partial charge in [0.15, 0.2) is 0 Å². The molecule has 80 heavy (non-hydrogen) atoms. The number of esters is 1. The zero-order valence-electron chi connectivity index (χ0n) is 46.9. The molecule has 0 aliphatic carbocycles. The zero-order valence-corrected chi connectivity index (χ0v) is 46.9. The number of carboxylic acids is 2. The maximum Gasteiger partial charge on any atom is 0.335 e. The van der Waals surface area contributed by atoms with Gasteiger partial charge in [-0.1, -0.05) is 91.5 Å². The average Bonchev–Trinajstić information content (AvgIpc) is 4.07. The number of hydrogen-bond acceptors (Lipinski definition) is 10. The molecule has 0 spiro atoms. The monoisotopic (exact) mass is 1080 g/mol. The quantitative estimate of drug-likeness (QED) is 0.0981. The standard InChI is InChI=1S/C31H34N4O3.C22H26N4O2.C10H12O2.2CH4/c1-6-35-28-10-9-25(21(5)30(28)32-33-35)27(16-29(36)37)23-8-7-22-11-12-34(17-24(22)15-23)31(38)26-14-18(2)13-19(3)20(26)4;1-4-26-20-8-7-18(14(2)22(20)24-25-26)19(12-21(27)28-3)16-6-5-15-9-10-23-13-17(15)11-16;1-6-4-7(2)8(3)9(5-6)10(11)12;;/h7-10,13-15,27H,6,11-12,16-17H2,1-5H3,(H,36,37);5-8,11,19,23H,4,9-10,12-13H2,1-3H3;4-5H,1-3H3,(H,11,12);2*1H4. The van der Waals surface area contributed by atoms with Crippen molar-refractivity contribution in [3.8, 4) is 0 Å². The van der Waals surface area contributed by atoms with Gasteiger partial charge in [-0.2, -0.15) is 0 Å². The van der Waals surface area contributed by atoms with E-state index in [4.69, 9.17) is 9.84 Å².